The molecule has 1 aromatic heterocycles. The molecule has 1 amide bonds. The molecule has 0 radical (unpaired) electrons. The number of benzene rings is 2. The Morgan fingerprint density at radius 2 is 1.57 bits per heavy atom. The summed E-state index contributed by atoms with van der Waals surface area (Å²) < 4.78 is 70.1. The van der Waals surface area contributed by atoms with Crippen LogP contribution in [0.25, 0.3) is 0 Å². The fourth-order valence-corrected chi connectivity index (χ4v) is 6.32. The zero-order valence-electron chi connectivity index (χ0n) is 18.1. The van der Waals surface area contributed by atoms with Crippen molar-refractivity contribution >= 4 is 44.6 Å². The first kappa shape index (κ1) is 25.4. The number of carbonyl (C=O) groups is 1. The third-order valence-electron chi connectivity index (χ3n) is 5.54. The van der Waals surface area contributed by atoms with Crippen LogP contribution in [0.2, 0.25) is 10.0 Å². The molecule has 2 aromatic carbocycles. The first-order chi connectivity index (χ1) is 16.5. The van der Waals surface area contributed by atoms with Crippen LogP contribution in [0.1, 0.15) is 21.9 Å². The first-order valence-electron chi connectivity index (χ1n) is 10.4. The van der Waals surface area contributed by atoms with E-state index >= 15 is 0 Å². The molecule has 0 atom stereocenters. The summed E-state index contributed by atoms with van der Waals surface area (Å²) >= 11 is 12.0. The van der Waals surface area contributed by atoms with Gasteiger partial charge in [0.1, 0.15) is 16.4 Å². The predicted molar refractivity (Wildman–Crippen MR) is 126 cm³/mol. The SMILES string of the molecule is O=C(c1ccc(CS(=O)(=O)c2c(Cl)cccc2Cl)o1)N1CCN(c2cccc(C(F)(F)F)c2)CC1. The van der Waals surface area contributed by atoms with Gasteiger partial charge in [0.15, 0.2) is 15.6 Å². The highest BCUT2D eigenvalue weighted by Crippen LogP contribution is 2.33. The number of nitrogens with zero attached hydrogens (tertiary/aromatic N) is 2. The molecule has 2 heterocycles. The third-order valence-corrected chi connectivity index (χ3v) is 8.12. The van der Waals surface area contributed by atoms with E-state index in [2.05, 4.69) is 0 Å². The molecule has 0 saturated carbocycles. The standard InChI is InChI=1S/C23H19Cl2F3N2O4S/c24-18-5-2-6-19(25)21(18)35(32,33)14-17-7-8-20(34-17)22(31)30-11-9-29(10-12-30)16-4-1-3-15(13-16)23(26,27)28/h1-8,13H,9-12,14H2. The smallest absolute Gasteiger partial charge is 0.416 e. The normalized spacial score (nSPS) is 14.9. The van der Waals surface area contributed by atoms with Gasteiger partial charge in [-0.2, -0.15) is 13.2 Å². The predicted octanol–water partition coefficient (Wildman–Crippen LogP) is 5.54. The van der Waals surface area contributed by atoms with Gasteiger partial charge in [-0.3, -0.25) is 4.79 Å². The van der Waals surface area contributed by atoms with Crippen LogP contribution in [-0.2, 0) is 21.8 Å². The van der Waals surface area contributed by atoms with Gasteiger partial charge in [-0.05, 0) is 42.5 Å². The lowest BCUT2D eigenvalue weighted by Crippen LogP contribution is -2.48. The molecule has 1 saturated heterocycles. The average Bonchev–Trinajstić information content (AvgIpc) is 3.25. The maximum absolute atomic E-state index is 13.0. The number of amides is 1. The molecule has 0 spiro atoms. The Hall–Kier alpha value is -2.69. The molecule has 1 aliphatic rings. The van der Waals surface area contributed by atoms with Crippen molar-refractivity contribution in [3.8, 4) is 0 Å². The molecule has 12 heteroatoms. The van der Waals surface area contributed by atoms with Gasteiger partial charge in [0.25, 0.3) is 5.91 Å². The number of carbonyl (C=O) groups excluding carboxylic acids is 1. The monoisotopic (exact) mass is 546 g/mol. The zero-order chi connectivity index (χ0) is 25.4. The highest BCUT2D eigenvalue weighted by Gasteiger charge is 2.32. The van der Waals surface area contributed by atoms with E-state index in [0.29, 0.717) is 18.8 Å². The fourth-order valence-electron chi connectivity index (χ4n) is 3.81. The Bertz CT molecular complexity index is 1330. The molecule has 1 fully saturated rings. The first-order valence-corrected chi connectivity index (χ1v) is 12.8. The molecular weight excluding hydrogens is 528 g/mol. The maximum atomic E-state index is 13.0. The number of hydrogen-bond acceptors (Lipinski definition) is 5. The number of hydrogen-bond donors (Lipinski definition) is 0. The van der Waals surface area contributed by atoms with Crippen molar-refractivity contribution in [2.45, 2.75) is 16.8 Å². The summed E-state index contributed by atoms with van der Waals surface area (Å²) in [4.78, 5) is 15.9. The Labute approximate surface area is 209 Å². The van der Waals surface area contributed by atoms with Crippen LogP contribution >= 0.6 is 23.2 Å². The van der Waals surface area contributed by atoms with Crippen molar-refractivity contribution in [1.29, 1.82) is 0 Å². The lowest BCUT2D eigenvalue weighted by molar-refractivity contribution is -0.137. The van der Waals surface area contributed by atoms with Crippen LogP contribution in [-0.4, -0.2) is 45.4 Å². The summed E-state index contributed by atoms with van der Waals surface area (Å²) in [5.41, 5.74) is -0.305. The Morgan fingerprint density at radius 3 is 2.20 bits per heavy atom. The van der Waals surface area contributed by atoms with Crippen LogP contribution in [0.15, 0.2) is 63.9 Å². The van der Waals surface area contributed by atoms with Gasteiger partial charge in [0.2, 0.25) is 0 Å². The summed E-state index contributed by atoms with van der Waals surface area (Å²) in [5.74, 6) is -0.958. The number of sulfone groups is 1. The van der Waals surface area contributed by atoms with E-state index in [1.807, 2.05) is 0 Å². The van der Waals surface area contributed by atoms with Gasteiger partial charge in [0.05, 0.1) is 15.6 Å². The lowest BCUT2D eigenvalue weighted by Gasteiger charge is -2.36. The summed E-state index contributed by atoms with van der Waals surface area (Å²) in [7, 11) is -3.93. The van der Waals surface area contributed by atoms with Crippen molar-refractivity contribution in [2.75, 3.05) is 31.1 Å². The second-order valence-electron chi connectivity index (χ2n) is 7.90. The molecule has 35 heavy (non-hydrogen) atoms. The van der Waals surface area contributed by atoms with E-state index in [-0.39, 0.29) is 39.6 Å². The molecule has 1 aliphatic heterocycles. The highest BCUT2D eigenvalue weighted by atomic mass is 35.5. The fraction of sp³-hybridized carbons (Fsp3) is 0.261. The second kappa shape index (κ2) is 9.75. The minimum absolute atomic E-state index is 0.0148. The number of furan rings is 1. The lowest BCUT2D eigenvalue weighted by atomic mass is 10.1. The van der Waals surface area contributed by atoms with Gasteiger partial charge in [-0.1, -0.05) is 35.3 Å². The molecule has 0 unspecified atom stereocenters. The minimum atomic E-state index is -4.44. The van der Waals surface area contributed by atoms with E-state index in [1.54, 1.807) is 11.0 Å². The summed E-state index contributed by atoms with van der Waals surface area (Å²) in [5, 5.41) is -0.0296. The highest BCUT2D eigenvalue weighted by molar-refractivity contribution is 7.90. The minimum Gasteiger partial charge on any atom is -0.455 e. The second-order valence-corrected chi connectivity index (χ2v) is 10.6. The third kappa shape index (κ3) is 5.60. The Balaban J connectivity index is 1.41. The molecule has 0 N–H and O–H groups in total. The van der Waals surface area contributed by atoms with Gasteiger partial charge in [-0.15, -0.1) is 0 Å². The van der Waals surface area contributed by atoms with E-state index in [0.717, 1.165) is 12.1 Å². The molecule has 0 aliphatic carbocycles. The Kier molecular flexibility index (Phi) is 7.08. The maximum Gasteiger partial charge on any atom is 0.416 e. The van der Waals surface area contributed by atoms with E-state index in [1.165, 1.54) is 41.3 Å². The average molecular weight is 547 g/mol. The largest absolute Gasteiger partial charge is 0.455 e. The number of rotatable bonds is 5. The van der Waals surface area contributed by atoms with E-state index in [9.17, 15) is 26.4 Å². The zero-order valence-corrected chi connectivity index (χ0v) is 20.4. The van der Waals surface area contributed by atoms with Crippen LogP contribution in [0.4, 0.5) is 18.9 Å². The van der Waals surface area contributed by atoms with Crippen LogP contribution in [0, 0.1) is 0 Å². The van der Waals surface area contributed by atoms with Crippen LogP contribution < -0.4 is 4.90 Å². The molecule has 0 bridgehead atoms. The van der Waals surface area contributed by atoms with E-state index in [4.69, 9.17) is 27.6 Å². The summed E-state index contributed by atoms with van der Waals surface area (Å²) in [6.07, 6.45) is -4.44. The molecule has 4 rings (SSSR count). The van der Waals surface area contributed by atoms with Crippen molar-refractivity contribution < 1.29 is 30.8 Å². The van der Waals surface area contributed by atoms with Crippen molar-refractivity contribution in [3.63, 3.8) is 0 Å². The van der Waals surface area contributed by atoms with E-state index < -0.39 is 33.2 Å². The molecule has 186 valence electrons. The number of anilines is 1. The summed E-state index contributed by atoms with van der Waals surface area (Å²) in [6.45, 7) is 1.19. The molecule has 6 nitrogen and oxygen atoms in total. The quantitative estimate of drug-likeness (QED) is 0.420. The molecule has 3 aromatic rings. The van der Waals surface area contributed by atoms with Gasteiger partial charge < -0.3 is 14.2 Å². The number of piperazine rings is 1. The number of halogens is 5. The number of alkyl halides is 3. The topological polar surface area (TPSA) is 70.8 Å². The van der Waals surface area contributed by atoms with Gasteiger partial charge in [0, 0.05) is 31.9 Å². The van der Waals surface area contributed by atoms with Gasteiger partial charge >= 0.3 is 6.18 Å². The van der Waals surface area contributed by atoms with Crippen LogP contribution in [0.5, 0.6) is 0 Å². The van der Waals surface area contributed by atoms with Crippen LogP contribution in [0.3, 0.4) is 0 Å². The summed E-state index contributed by atoms with van der Waals surface area (Å²) in [6, 6.07) is 12.2. The van der Waals surface area contributed by atoms with Crippen molar-refractivity contribution in [1.82, 2.24) is 4.90 Å². The molecular formula is C23H19Cl2F3N2O4S. The van der Waals surface area contributed by atoms with Gasteiger partial charge in [-0.25, -0.2) is 8.42 Å². The Morgan fingerprint density at radius 1 is 0.943 bits per heavy atom. The van der Waals surface area contributed by atoms with Crippen molar-refractivity contribution in [2.24, 2.45) is 0 Å². The van der Waals surface area contributed by atoms with Crippen molar-refractivity contribution in [3.05, 3.63) is 81.7 Å².